The van der Waals surface area contributed by atoms with Crippen molar-refractivity contribution < 1.29 is 8.78 Å². The summed E-state index contributed by atoms with van der Waals surface area (Å²) in [6.45, 7) is 1.67. The molecule has 0 radical (unpaired) electrons. The van der Waals surface area contributed by atoms with Gasteiger partial charge in [-0.3, -0.25) is 0 Å². The lowest BCUT2D eigenvalue weighted by atomic mass is 10.2. The van der Waals surface area contributed by atoms with E-state index in [1.54, 1.807) is 31.2 Å². The molecule has 5 nitrogen and oxygen atoms in total. The largest absolute Gasteiger partial charge is 0.340 e. The van der Waals surface area contributed by atoms with Crippen molar-refractivity contribution in [1.29, 1.82) is 5.26 Å². The summed E-state index contributed by atoms with van der Waals surface area (Å²) < 4.78 is 27.5. The van der Waals surface area contributed by atoms with Gasteiger partial charge in [-0.15, -0.1) is 0 Å². The Bertz CT molecular complexity index is 928. The molecule has 0 aliphatic rings. The van der Waals surface area contributed by atoms with Gasteiger partial charge in [0.1, 0.15) is 34.8 Å². The second-order valence-electron chi connectivity index (χ2n) is 5.22. The topological polar surface area (TPSA) is 73.6 Å². The molecule has 1 heterocycles. The van der Waals surface area contributed by atoms with E-state index in [0.29, 0.717) is 17.2 Å². The van der Waals surface area contributed by atoms with Crippen LogP contribution in [0.2, 0.25) is 0 Å². The second kappa shape index (κ2) is 6.93. The van der Waals surface area contributed by atoms with Gasteiger partial charge in [0.25, 0.3) is 0 Å². The number of hydrogen-bond acceptors (Lipinski definition) is 5. The number of halogens is 2. The normalized spacial score (nSPS) is 10.2. The maximum Gasteiger partial charge on any atom is 0.149 e. The first kappa shape index (κ1) is 16.3. The zero-order valence-electron chi connectivity index (χ0n) is 13.2. The maximum atomic E-state index is 13.8. The molecule has 0 unspecified atom stereocenters. The summed E-state index contributed by atoms with van der Waals surface area (Å²) >= 11 is 0. The molecule has 0 saturated heterocycles. The molecule has 0 spiro atoms. The quantitative estimate of drug-likeness (QED) is 0.737. The third-order valence-corrected chi connectivity index (χ3v) is 3.34. The van der Waals surface area contributed by atoms with Crippen molar-refractivity contribution in [2.45, 2.75) is 6.92 Å². The molecule has 1 aromatic heterocycles. The first-order chi connectivity index (χ1) is 12.0. The van der Waals surface area contributed by atoms with Gasteiger partial charge in [-0.05, 0) is 43.3 Å². The van der Waals surface area contributed by atoms with E-state index in [4.69, 9.17) is 5.26 Å². The van der Waals surface area contributed by atoms with E-state index in [1.807, 2.05) is 6.07 Å². The number of aromatic nitrogens is 2. The summed E-state index contributed by atoms with van der Waals surface area (Å²) in [5.41, 5.74) is 0.992. The van der Waals surface area contributed by atoms with E-state index in [1.165, 1.54) is 12.1 Å². The Hall–Kier alpha value is -3.53. The first-order valence-electron chi connectivity index (χ1n) is 7.39. The highest BCUT2D eigenvalue weighted by Crippen LogP contribution is 2.24. The number of para-hydroxylation sites is 1. The van der Waals surface area contributed by atoms with Crippen LogP contribution in [-0.4, -0.2) is 9.97 Å². The van der Waals surface area contributed by atoms with Crippen molar-refractivity contribution in [3.63, 3.8) is 0 Å². The first-order valence-corrected chi connectivity index (χ1v) is 7.39. The highest BCUT2D eigenvalue weighted by atomic mass is 19.1. The van der Waals surface area contributed by atoms with Crippen molar-refractivity contribution in [3.05, 3.63) is 71.6 Å². The van der Waals surface area contributed by atoms with Gasteiger partial charge in [0.05, 0.1) is 11.6 Å². The number of anilines is 4. The fraction of sp³-hybridized carbons (Fsp3) is 0.0556. The summed E-state index contributed by atoms with van der Waals surface area (Å²) in [5.74, 6) is -0.280. The number of hydrogen-bond donors (Lipinski definition) is 2. The zero-order chi connectivity index (χ0) is 17.8. The molecular weight excluding hydrogens is 324 g/mol. The van der Waals surface area contributed by atoms with Crippen molar-refractivity contribution in [2.75, 3.05) is 10.6 Å². The second-order valence-corrected chi connectivity index (χ2v) is 5.22. The molecule has 7 heteroatoms. The average Bonchev–Trinajstić information content (AvgIpc) is 2.58. The van der Waals surface area contributed by atoms with E-state index in [2.05, 4.69) is 20.6 Å². The highest BCUT2D eigenvalue weighted by molar-refractivity contribution is 5.64. The standard InChI is InChI=1S/C18H13F2N5/c1-11-22-16(24-13-7-5-12(10-21)6-8-13)9-17(23-11)25-18-14(19)3-2-4-15(18)20/h2-9H,1H3,(H2,22,23,24,25). The Morgan fingerprint density at radius 1 is 0.920 bits per heavy atom. The van der Waals surface area contributed by atoms with Crippen molar-refractivity contribution in [3.8, 4) is 6.07 Å². The van der Waals surface area contributed by atoms with Gasteiger partial charge in [0.15, 0.2) is 0 Å². The summed E-state index contributed by atoms with van der Waals surface area (Å²) in [6, 6.07) is 14.0. The smallest absolute Gasteiger partial charge is 0.149 e. The monoisotopic (exact) mass is 337 g/mol. The lowest BCUT2D eigenvalue weighted by Crippen LogP contribution is -2.03. The number of nitrogens with one attached hydrogen (secondary N) is 2. The summed E-state index contributed by atoms with van der Waals surface area (Å²) in [7, 11) is 0. The van der Waals surface area contributed by atoms with Gasteiger partial charge in [0.2, 0.25) is 0 Å². The molecule has 25 heavy (non-hydrogen) atoms. The van der Waals surface area contributed by atoms with E-state index in [9.17, 15) is 8.78 Å². The summed E-state index contributed by atoms with van der Waals surface area (Å²) in [4.78, 5) is 8.39. The molecule has 0 fully saturated rings. The third kappa shape index (κ3) is 3.87. The minimum absolute atomic E-state index is 0.257. The Morgan fingerprint density at radius 3 is 2.12 bits per heavy atom. The number of nitriles is 1. The van der Waals surface area contributed by atoms with Gasteiger partial charge in [0, 0.05) is 11.8 Å². The summed E-state index contributed by atoms with van der Waals surface area (Å²) in [6.07, 6.45) is 0. The van der Waals surface area contributed by atoms with Gasteiger partial charge < -0.3 is 10.6 Å². The average molecular weight is 337 g/mol. The molecule has 2 N–H and O–H groups in total. The Balaban J connectivity index is 1.86. The fourth-order valence-electron chi connectivity index (χ4n) is 2.22. The zero-order valence-corrected chi connectivity index (χ0v) is 13.2. The van der Waals surface area contributed by atoms with Crippen LogP contribution in [-0.2, 0) is 0 Å². The van der Waals surface area contributed by atoms with Gasteiger partial charge >= 0.3 is 0 Å². The van der Waals surface area contributed by atoms with Crippen LogP contribution in [0.5, 0.6) is 0 Å². The molecule has 0 saturated carbocycles. The molecule has 0 amide bonds. The number of benzene rings is 2. The third-order valence-electron chi connectivity index (χ3n) is 3.34. The Kier molecular flexibility index (Phi) is 4.53. The number of rotatable bonds is 4. The van der Waals surface area contributed by atoms with E-state index in [-0.39, 0.29) is 11.5 Å². The Labute approximate surface area is 143 Å². The fourth-order valence-corrected chi connectivity index (χ4v) is 2.22. The molecule has 3 rings (SSSR count). The molecule has 3 aromatic rings. The molecule has 0 aliphatic heterocycles. The molecular formula is C18H13F2N5. The van der Waals surface area contributed by atoms with Gasteiger partial charge in [-0.2, -0.15) is 5.26 Å². The van der Waals surface area contributed by atoms with Crippen LogP contribution in [0.3, 0.4) is 0 Å². The molecule has 0 aliphatic carbocycles. The van der Waals surface area contributed by atoms with E-state index >= 15 is 0 Å². The van der Waals surface area contributed by atoms with Gasteiger partial charge in [-0.25, -0.2) is 18.7 Å². The van der Waals surface area contributed by atoms with E-state index < -0.39 is 11.6 Å². The van der Waals surface area contributed by atoms with Crippen LogP contribution in [0.25, 0.3) is 0 Å². The lowest BCUT2D eigenvalue weighted by Gasteiger charge is -2.11. The van der Waals surface area contributed by atoms with E-state index in [0.717, 1.165) is 17.8 Å². The SMILES string of the molecule is Cc1nc(Nc2ccc(C#N)cc2)cc(Nc2c(F)cccc2F)n1. The number of nitrogens with zero attached hydrogens (tertiary/aromatic N) is 3. The van der Waals surface area contributed by atoms with Crippen LogP contribution in [0.15, 0.2) is 48.5 Å². The van der Waals surface area contributed by atoms with Crippen molar-refractivity contribution in [1.82, 2.24) is 9.97 Å². The summed E-state index contributed by atoms with van der Waals surface area (Å²) in [5, 5.41) is 14.5. The van der Waals surface area contributed by atoms with Crippen LogP contribution in [0.4, 0.5) is 31.8 Å². The molecule has 2 aromatic carbocycles. The maximum absolute atomic E-state index is 13.8. The lowest BCUT2D eigenvalue weighted by molar-refractivity contribution is 0.590. The predicted molar refractivity (Wildman–Crippen MR) is 90.8 cm³/mol. The number of aryl methyl sites for hydroxylation is 1. The van der Waals surface area contributed by atoms with Gasteiger partial charge in [-0.1, -0.05) is 6.07 Å². The van der Waals surface area contributed by atoms with Crippen LogP contribution >= 0.6 is 0 Å². The molecule has 0 atom stereocenters. The minimum atomic E-state index is -0.710. The van der Waals surface area contributed by atoms with Crippen molar-refractivity contribution in [2.24, 2.45) is 0 Å². The highest BCUT2D eigenvalue weighted by Gasteiger charge is 2.10. The Morgan fingerprint density at radius 2 is 1.52 bits per heavy atom. The van der Waals surface area contributed by atoms with Crippen LogP contribution in [0.1, 0.15) is 11.4 Å². The van der Waals surface area contributed by atoms with Crippen molar-refractivity contribution >= 4 is 23.0 Å². The molecule has 0 bridgehead atoms. The minimum Gasteiger partial charge on any atom is -0.340 e. The molecule has 124 valence electrons. The predicted octanol–water partition coefficient (Wildman–Crippen LogP) is 4.42. The van der Waals surface area contributed by atoms with Crippen LogP contribution < -0.4 is 10.6 Å². The van der Waals surface area contributed by atoms with Crippen LogP contribution in [0, 0.1) is 29.9 Å².